The van der Waals surface area contributed by atoms with Gasteiger partial charge in [-0.15, -0.1) is 3.89 Å². The van der Waals surface area contributed by atoms with Crippen LogP contribution in [0.25, 0.3) is 0 Å². The molecule has 1 aromatic carbocycles. The molecule has 12 heavy (non-hydrogen) atoms. The van der Waals surface area contributed by atoms with E-state index in [1.165, 1.54) is 0 Å². The molecule has 6 heteroatoms. The second-order valence-corrected chi connectivity index (χ2v) is 3.38. The summed E-state index contributed by atoms with van der Waals surface area (Å²) in [7, 11) is -4.97. The summed E-state index contributed by atoms with van der Waals surface area (Å²) in [5.74, 6) is -1.64. The first-order valence-electron chi connectivity index (χ1n) is 2.88. The summed E-state index contributed by atoms with van der Waals surface area (Å²) in [6.45, 7) is 0. The molecule has 4 nitrogen and oxygen atoms in total. The van der Waals surface area contributed by atoms with Crippen LogP contribution in [0.15, 0.2) is 23.1 Å². The van der Waals surface area contributed by atoms with E-state index in [0.717, 1.165) is 18.2 Å². The molecule has 1 aromatic rings. The quantitative estimate of drug-likeness (QED) is 0.508. The smallest absolute Gasteiger partial charge is 0.335 e. The van der Waals surface area contributed by atoms with Crippen molar-refractivity contribution < 1.29 is 22.5 Å². The van der Waals surface area contributed by atoms with Gasteiger partial charge >= 0.3 is 10.2 Å². The summed E-state index contributed by atoms with van der Waals surface area (Å²) >= 11 is 0. The van der Waals surface area contributed by atoms with Gasteiger partial charge in [-0.1, -0.05) is 6.07 Å². The third-order valence-corrected chi connectivity index (χ3v) is 2.10. The summed E-state index contributed by atoms with van der Waals surface area (Å²) < 4.78 is 32.8. The standard InChI is InChI=1S/C6H5FO4S/c7-12(10,11)5-3-1-2-4(8)6(5)9/h1-3,8-9H. The van der Waals surface area contributed by atoms with Crippen LogP contribution in [0.2, 0.25) is 0 Å². The van der Waals surface area contributed by atoms with Crippen LogP contribution in [0.3, 0.4) is 0 Å². The first-order chi connectivity index (χ1) is 5.43. The van der Waals surface area contributed by atoms with Gasteiger partial charge < -0.3 is 10.2 Å². The summed E-state index contributed by atoms with van der Waals surface area (Å²) in [6, 6.07) is 3.01. The lowest BCUT2D eigenvalue weighted by molar-refractivity contribution is 0.392. The highest BCUT2D eigenvalue weighted by molar-refractivity contribution is 7.86. The normalized spacial score (nSPS) is 11.4. The zero-order chi connectivity index (χ0) is 9.35. The topological polar surface area (TPSA) is 74.6 Å². The fourth-order valence-electron chi connectivity index (χ4n) is 0.707. The van der Waals surface area contributed by atoms with Crippen LogP contribution in [0, 0.1) is 0 Å². The number of phenols is 2. The molecule has 2 N–H and O–H groups in total. The number of para-hydroxylation sites is 1. The number of phenolic OH excluding ortho intramolecular Hbond substituents is 2. The highest BCUT2D eigenvalue weighted by Gasteiger charge is 2.18. The molecular weight excluding hydrogens is 187 g/mol. The van der Waals surface area contributed by atoms with Gasteiger partial charge in [0.25, 0.3) is 0 Å². The largest absolute Gasteiger partial charge is 0.504 e. The Morgan fingerprint density at radius 1 is 1.25 bits per heavy atom. The predicted molar refractivity (Wildman–Crippen MR) is 38.1 cm³/mol. The number of halogens is 1. The molecule has 0 bridgehead atoms. The molecule has 0 unspecified atom stereocenters. The van der Waals surface area contributed by atoms with Gasteiger partial charge in [0.15, 0.2) is 11.5 Å². The van der Waals surface area contributed by atoms with E-state index in [2.05, 4.69) is 0 Å². The van der Waals surface area contributed by atoms with Crippen LogP contribution >= 0.6 is 0 Å². The fourth-order valence-corrected chi connectivity index (χ4v) is 1.28. The molecule has 0 aliphatic carbocycles. The maximum absolute atomic E-state index is 12.3. The van der Waals surface area contributed by atoms with E-state index >= 15 is 0 Å². The Morgan fingerprint density at radius 2 is 1.83 bits per heavy atom. The minimum atomic E-state index is -4.97. The van der Waals surface area contributed by atoms with Crippen LogP contribution in [-0.2, 0) is 10.2 Å². The zero-order valence-electron chi connectivity index (χ0n) is 5.73. The minimum absolute atomic E-state index is 0.672. The van der Waals surface area contributed by atoms with Gasteiger partial charge in [0.2, 0.25) is 0 Å². The van der Waals surface area contributed by atoms with Gasteiger partial charge in [0.05, 0.1) is 0 Å². The molecule has 0 aliphatic rings. The van der Waals surface area contributed by atoms with Gasteiger partial charge in [-0.05, 0) is 12.1 Å². The first-order valence-corrected chi connectivity index (χ1v) is 4.27. The molecule has 1 rings (SSSR count). The van der Waals surface area contributed by atoms with Crippen molar-refractivity contribution >= 4 is 10.2 Å². The average molecular weight is 192 g/mol. The van der Waals surface area contributed by atoms with E-state index in [0.29, 0.717) is 0 Å². The van der Waals surface area contributed by atoms with Gasteiger partial charge in [-0.3, -0.25) is 0 Å². The number of aromatic hydroxyl groups is 2. The molecule has 0 radical (unpaired) electrons. The Balaban J connectivity index is 3.47. The lowest BCUT2D eigenvalue weighted by atomic mass is 10.3. The summed E-state index contributed by atoms with van der Waals surface area (Å²) in [5.41, 5.74) is 0. The highest BCUT2D eigenvalue weighted by Crippen LogP contribution is 2.32. The molecule has 0 heterocycles. The van der Waals surface area contributed by atoms with Gasteiger partial charge in [0, 0.05) is 0 Å². The maximum Gasteiger partial charge on any atom is 0.335 e. The average Bonchev–Trinajstić information content (AvgIpc) is 1.92. The summed E-state index contributed by atoms with van der Waals surface area (Å²) in [4.78, 5) is -0.928. The molecular formula is C6H5FO4S. The molecule has 0 saturated carbocycles. The first kappa shape index (κ1) is 8.79. The molecule has 0 saturated heterocycles. The Hall–Kier alpha value is -1.30. The molecule has 0 atom stereocenters. The van der Waals surface area contributed by atoms with Crippen molar-refractivity contribution in [2.24, 2.45) is 0 Å². The van der Waals surface area contributed by atoms with Gasteiger partial charge in [-0.2, -0.15) is 8.42 Å². The summed E-state index contributed by atoms with van der Waals surface area (Å²) in [6.07, 6.45) is 0. The Morgan fingerprint density at radius 3 is 2.25 bits per heavy atom. The predicted octanol–water partition coefficient (Wildman–Crippen LogP) is 0.756. The van der Waals surface area contributed by atoms with E-state index in [1.807, 2.05) is 0 Å². The highest BCUT2D eigenvalue weighted by atomic mass is 32.3. The van der Waals surface area contributed by atoms with Gasteiger partial charge in [0.1, 0.15) is 4.90 Å². The lowest BCUT2D eigenvalue weighted by Gasteiger charge is -1.99. The summed E-state index contributed by atoms with van der Waals surface area (Å²) in [5, 5.41) is 17.6. The van der Waals surface area contributed by atoms with E-state index in [-0.39, 0.29) is 0 Å². The van der Waals surface area contributed by atoms with Crippen LogP contribution in [0.1, 0.15) is 0 Å². The van der Waals surface area contributed by atoms with E-state index in [1.54, 1.807) is 0 Å². The number of rotatable bonds is 1. The Labute approximate surface area is 68.1 Å². The molecule has 0 aromatic heterocycles. The second kappa shape index (κ2) is 2.63. The molecule has 0 fully saturated rings. The molecule has 0 amide bonds. The SMILES string of the molecule is O=S(=O)(F)c1cccc(O)c1O. The third kappa shape index (κ3) is 1.48. The Kier molecular flexibility index (Phi) is 1.93. The van der Waals surface area contributed by atoms with Crippen molar-refractivity contribution in [2.45, 2.75) is 4.90 Å². The van der Waals surface area contributed by atoms with Crippen molar-refractivity contribution in [3.8, 4) is 11.5 Å². The molecule has 0 aliphatic heterocycles. The van der Waals surface area contributed by atoms with Crippen molar-refractivity contribution in [2.75, 3.05) is 0 Å². The van der Waals surface area contributed by atoms with E-state index in [9.17, 15) is 12.3 Å². The zero-order valence-corrected chi connectivity index (χ0v) is 6.55. The minimum Gasteiger partial charge on any atom is -0.504 e. The number of hydrogen-bond acceptors (Lipinski definition) is 4. The van der Waals surface area contributed by atoms with Crippen LogP contribution < -0.4 is 0 Å². The number of hydrogen-bond donors (Lipinski definition) is 2. The molecule has 66 valence electrons. The van der Waals surface area contributed by atoms with Crippen molar-refractivity contribution in [3.05, 3.63) is 18.2 Å². The van der Waals surface area contributed by atoms with Crippen molar-refractivity contribution in [1.82, 2.24) is 0 Å². The third-order valence-electron chi connectivity index (χ3n) is 1.24. The second-order valence-electron chi connectivity index (χ2n) is 2.06. The Bertz CT molecular complexity index is 398. The van der Waals surface area contributed by atoms with Crippen molar-refractivity contribution in [1.29, 1.82) is 0 Å². The van der Waals surface area contributed by atoms with E-state index < -0.39 is 26.6 Å². The molecule has 0 spiro atoms. The van der Waals surface area contributed by atoms with Crippen LogP contribution in [0.5, 0.6) is 11.5 Å². The van der Waals surface area contributed by atoms with Crippen LogP contribution in [0.4, 0.5) is 3.89 Å². The monoisotopic (exact) mass is 192 g/mol. The van der Waals surface area contributed by atoms with E-state index in [4.69, 9.17) is 10.2 Å². The maximum atomic E-state index is 12.3. The number of benzene rings is 1. The van der Waals surface area contributed by atoms with Crippen molar-refractivity contribution in [3.63, 3.8) is 0 Å². The van der Waals surface area contributed by atoms with Gasteiger partial charge in [-0.25, -0.2) is 0 Å². The fraction of sp³-hybridized carbons (Fsp3) is 0. The lowest BCUT2D eigenvalue weighted by Crippen LogP contribution is -1.91. The van der Waals surface area contributed by atoms with Crippen LogP contribution in [-0.4, -0.2) is 18.6 Å².